The van der Waals surface area contributed by atoms with Gasteiger partial charge in [-0.1, -0.05) is 38.7 Å². The van der Waals surface area contributed by atoms with Crippen molar-refractivity contribution in [2.75, 3.05) is 31.7 Å². The Morgan fingerprint density at radius 1 is 1.07 bits per heavy atom. The number of rotatable bonds is 8. The van der Waals surface area contributed by atoms with Crippen LogP contribution in [0.3, 0.4) is 0 Å². The Morgan fingerprint density at radius 2 is 1.89 bits per heavy atom. The number of hydrogen-bond donors (Lipinski definition) is 1. The van der Waals surface area contributed by atoms with Crippen molar-refractivity contribution in [1.29, 1.82) is 0 Å². The molecule has 44 heavy (non-hydrogen) atoms. The minimum atomic E-state index is -1.22. The van der Waals surface area contributed by atoms with Crippen molar-refractivity contribution in [1.82, 2.24) is 29.4 Å². The fraction of sp³-hybridized carbons (Fsp3) is 0.531. The van der Waals surface area contributed by atoms with Gasteiger partial charge in [-0.05, 0) is 49.3 Å². The third-order valence-corrected chi connectivity index (χ3v) is 10.5. The van der Waals surface area contributed by atoms with Crippen LogP contribution in [0.1, 0.15) is 50.3 Å². The third kappa shape index (κ3) is 6.72. The summed E-state index contributed by atoms with van der Waals surface area (Å²) >= 11 is 0. The van der Waals surface area contributed by atoms with E-state index in [4.69, 9.17) is 14.6 Å². The number of carbonyl (C=O) groups excluding carboxylic acids is 2. The van der Waals surface area contributed by atoms with Crippen LogP contribution in [-0.4, -0.2) is 75.7 Å². The first-order valence-corrected chi connectivity index (χ1v) is 19.4. The van der Waals surface area contributed by atoms with Crippen molar-refractivity contribution >= 4 is 47.4 Å². The Hall–Kier alpha value is -3.61. The molecule has 3 aromatic heterocycles. The summed E-state index contributed by atoms with van der Waals surface area (Å²) in [6, 6.07) is 7.41. The number of carbonyl (C=O) groups is 2. The first kappa shape index (κ1) is 30.4. The molecule has 0 radical (unpaired) electrons. The number of likely N-dealkylation sites (tertiary alicyclic amines) is 1. The van der Waals surface area contributed by atoms with Gasteiger partial charge in [0, 0.05) is 57.6 Å². The lowest BCUT2D eigenvalue weighted by Gasteiger charge is -2.38. The highest BCUT2D eigenvalue weighted by Crippen LogP contribution is 2.35. The minimum Gasteiger partial charge on any atom is -0.381 e. The predicted molar refractivity (Wildman–Crippen MR) is 172 cm³/mol. The molecular weight excluding hydrogens is 574 g/mol. The Bertz CT molecular complexity index is 1640. The van der Waals surface area contributed by atoms with Crippen LogP contribution in [0.4, 0.5) is 5.69 Å². The van der Waals surface area contributed by atoms with E-state index in [1.165, 1.54) is 0 Å². The van der Waals surface area contributed by atoms with Crippen molar-refractivity contribution in [2.45, 2.75) is 77.1 Å². The molecule has 0 saturated carbocycles. The van der Waals surface area contributed by atoms with Gasteiger partial charge in [0.25, 0.3) is 0 Å². The smallest absolute Gasteiger partial charge is 0.314 e. The highest BCUT2D eigenvalue weighted by molar-refractivity contribution is 6.76. The molecule has 2 atom stereocenters. The number of nitrogens with zero attached hydrogens (tertiary/aromatic N) is 6. The number of fused-ring (bicyclic) bond motifs is 2. The molecule has 11 nitrogen and oxygen atoms in total. The molecule has 234 valence electrons. The number of nitrogens with one attached hydrogen (secondary N) is 1. The quantitative estimate of drug-likeness (QED) is 0.160. The fourth-order valence-corrected chi connectivity index (χ4v) is 6.94. The molecule has 1 aromatic carbocycles. The van der Waals surface area contributed by atoms with E-state index >= 15 is 0 Å². The SMILES string of the molecule is C[C@H]1CC[C@H](c2ccc3cn(C4CCOCC4)nc3c2)N(C(=O)C(=O)Nc2cncc3cnn(COCC[Si](C)(C)C)c23)C1. The molecule has 0 aliphatic carbocycles. The van der Waals surface area contributed by atoms with Crippen molar-refractivity contribution < 1.29 is 19.1 Å². The van der Waals surface area contributed by atoms with Gasteiger partial charge in [0.05, 0.1) is 41.2 Å². The molecular formula is C32H43N7O4Si. The van der Waals surface area contributed by atoms with Crippen LogP contribution >= 0.6 is 0 Å². The first-order valence-electron chi connectivity index (χ1n) is 15.7. The minimum absolute atomic E-state index is 0.207. The number of ether oxygens (including phenoxy) is 2. The van der Waals surface area contributed by atoms with E-state index in [2.05, 4.69) is 71.0 Å². The Balaban J connectivity index is 1.19. The summed E-state index contributed by atoms with van der Waals surface area (Å²) in [7, 11) is -1.22. The molecule has 12 heteroatoms. The predicted octanol–water partition coefficient (Wildman–Crippen LogP) is 5.38. The standard InChI is InChI=1S/C32H43N7O4Si/c1-22-5-8-29(23-6-7-24-20-38(36-27(24)15-23)26-9-11-42-12-10-26)37(19-22)32(41)31(40)35-28-18-33-16-25-17-34-39(30(25)28)21-43-13-14-44(2,3)4/h6-7,15-18,20,22,26,29H,5,8-14,19,21H2,1-4H3,(H,35,40)/t22-,29+/m0/s1. The summed E-state index contributed by atoms with van der Waals surface area (Å²) < 4.78 is 15.2. The van der Waals surface area contributed by atoms with Crippen molar-refractivity contribution in [3.8, 4) is 0 Å². The summed E-state index contributed by atoms with van der Waals surface area (Å²) in [6.07, 6.45) is 10.7. The molecule has 2 aliphatic heterocycles. The lowest BCUT2D eigenvalue weighted by molar-refractivity contribution is -0.146. The second-order valence-corrected chi connectivity index (χ2v) is 19.1. The van der Waals surface area contributed by atoms with Crippen LogP contribution in [0.5, 0.6) is 0 Å². The average Bonchev–Trinajstić information content (AvgIpc) is 3.63. The number of pyridine rings is 1. The first-order chi connectivity index (χ1) is 21.2. The Labute approximate surface area is 258 Å². The lowest BCUT2D eigenvalue weighted by Crippen LogP contribution is -2.46. The summed E-state index contributed by atoms with van der Waals surface area (Å²) in [5.74, 6) is -0.946. The molecule has 0 unspecified atom stereocenters. The number of benzene rings is 1. The number of amides is 2. The van der Waals surface area contributed by atoms with Gasteiger partial charge in [-0.15, -0.1) is 0 Å². The topological polar surface area (TPSA) is 116 Å². The van der Waals surface area contributed by atoms with E-state index in [0.29, 0.717) is 36.3 Å². The van der Waals surface area contributed by atoms with Crippen LogP contribution in [0.2, 0.25) is 25.7 Å². The van der Waals surface area contributed by atoms with E-state index < -0.39 is 19.9 Å². The van der Waals surface area contributed by atoms with Crippen molar-refractivity contribution in [3.63, 3.8) is 0 Å². The third-order valence-electron chi connectivity index (χ3n) is 8.77. The Morgan fingerprint density at radius 3 is 2.68 bits per heavy atom. The average molecular weight is 618 g/mol. The monoisotopic (exact) mass is 617 g/mol. The van der Waals surface area contributed by atoms with Crippen molar-refractivity contribution in [2.24, 2.45) is 5.92 Å². The van der Waals surface area contributed by atoms with Crippen LogP contribution in [-0.2, 0) is 25.8 Å². The normalized spacial score (nSPS) is 20.0. The van der Waals surface area contributed by atoms with Gasteiger partial charge in [0.2, 0.25) is 0 Å². The van der Waals surface area contributed by atoms with Gasteiger partial charge >= 0.3 is 11.8 Å². The van der Waals surface area contributed by atoms with Gasteiger partial charge in [0.1, 0.15) is 6.73 Å². The summed E-state index contributed by atoms with van der Waals surface area (Å²) in [6.45, 7) is 12.0. The number of piperidine rings is 1. The van der Waals surface area contributed by atoms with E-state index in [-0.39, 0.29) is 12.8 Å². The maximum Gasteiger partial charge on any atom is 0.314 e. The zero-order chi connectivity index (χ0) is 30.8. The van der Waals surface area contributed by atoms with Gasteiger partial charge in [0.15, 0.2) is 0 Å². The van der Waals surface area contributed by atoms with E-state index in [1.807, 2.05) is 0 Å². The highest BCUT2D eigenvalue weighted by Gasteiger charge is 2.35. The van der Waals surface area contributed by atoms with Gasteiger partial charge in [-0.3, -0.25) is 19.3 Å². The zero-order valence-corrected chi connectivity index (χ0v) is 27.2. The van der Waals surface area contributed by atoms with Gasteiger partial charge < -0.3 is 19.7 Å². The highest BCUT2D eigenvalue weighted by atomic mass is 28.3. The fourth-order valence-electron chi connectivity index (χ4n) is 6.19. The molecule has 2 saturated heterocycles. The molecule has 0 bridgehead atoms. The second kappa shape index (κ2) is 12.8. The van der Waals surface area contributed by atoms with E-state index in [9.17, 15) is 9.59 Å². The molecule has 4 aromatic rings. The van der Waals surface area contributed by atoms with Gasteiger partial charge in [-0.2, -0.15) is 10.2 Å². The van der Waals surface area contributed by atoms with E-state index in [0.717, 1.165) is 66.8 Å². The largest absolute Gasteiger partial charge is 0.381 e. The summed E-state index contributed by atoms with van der Waals surface area (Å²) in [5, 5.41) is 14.0. The molecule has 2 fully saturated rings. The van der Waals surface area contributed by atoms with Crippen LogP contribution in [0.15, 0.2) is 43.0 Å². The van der Waals surface area contributed by atoms with E-state index in [1.54, 1.807) is 28.2 Å². The number of hydrogen-bond acceptors (Lipinski definition) is 7. The Kier molecular flexibility index (Phi) is 8.83. The second-order valence-electron chi connectivity index (χ2n) is 13.5. The maximum absolute atomic E-state index is 13.8. The van der Waals surface area contributed by atoms with Gasteiger partial charge in [-0.25, -0.2) is 4.68 Å². The summed E-state index contributed by atoms with van der Waals surface area (Å²) in [5.41, 5.74) is 3.03. The molecule has 2 aliphatic rings. The maximum atomic E-state index is 13.8. The van der Waals surface area contributed by atoms with Crippen LogP contribution in [0.25, 0.3) is 21.8 Å². The lowest BCUT2D eigenvalue weighted by atomic mass is 9.89. The molecule has 2 amide bonds. The molecule has 5 heterocycles. The summed E-state index contributed by atoms with van der Waals surface area (Å²) in [4.78, 5) is 33.3. The number of aromatic nitrogens is 5. The number of anilines is 1. The molecule has 0 spiro atoms. The van der Waals surface area contributed by atoms with Crippen molar-refractivity contribution in [3.05, 3.63) is 48.5 Å². The molecule has 6 rings (SSSR count). The van der Waals surface area contributed by atoms with Crippen LogP contribution in [0, 0.1) is 5.92 Å². The zero-order valence-electron chi connectivity index (χ0n) is 26.2. The van der Waals surface area contributed by atoms with Crippen LogP contribution < -0.4 is 5.32 Å². The molecule has 1 N–H and O–H groups in total.